The molecule has 0 aromatic heterocycles. The minimum Gasteiger partial charge on any atom is -0.289 e. The van der Waals surface area contributed by atoms with E-state index in [-0.39, 0.29) is 5.78 Å². The van der Waals surface area contributed by atoms with E-state index in [1.807, 2.05) is 24.3 Å². The summed E-state index contributed by atoms with van der Waals surface area (Å²) in [6, 6.07) is 14.7. The van der Waals surface area contributed by atoms with Crippen molar-refractivity contribution in [3.63, 3.8) is 0 Å². The molecule has 0 spiro atoms. The van der Waals surface area contributed by atoms with Crippen LogP contribution in [0, 0.1) is 0 Å². The highest BCUT2D eigenvalue weighted by Crippen LogP contribution is 2.20. The number of carbonyl (C=O) groups is 1. The van der Waals surface area contributed by atoms with Gasteiger partial charge in [-0.2, -0.15) is 0 Å². The zero-order valence-electron chi connectivity index (χ0n) is 10.0. The zero-order valence-corrected chi connectivity index (χ0v) is 11.6. The van der Waals surface area contributed by atoms with Crippen molar-refractivity contribution in [3.8, 4) is 0 Å². The summed E-state index contributed by atoms with van der Waals surface area (Å²) in [5.41, 5.74) is 1.32. The van der Waals surface area contributed by atoms with Crippen molar-refractivity contribution in [3.05, 3.63) is 64.7 Å². The third kappa shape index (κ3) is 3.15. The highest BCUT2D eigenvalue weighted by molar-refractivity contribution is 7.99. The van der Waals surface area contributed by atoms with Gasteiger partial charge >= 0.3 is 0 Å². The van der Waals surface area contributed by atoms with Crippen LogP contribution in [-0.4, -0.2) is 11.5 Å². The van der Waals surface area contributed by atoms with Crippen LogP contribution in [0.2, 0.25) is 5.02 Å². The predicted molar refractivity (Wildman–Crippen MR) is 77.7 cm³/mol. The van der Waals surface area contributed by atoms with Gasteiger partial charge in [-0.15, -0.1) is 11.8 Å². The van der Waals surface area contributed by atoms with Crippen LogP contribution >= 0.6 is 23.4 Å². The second kappa shape index (κ2) is 6.07. The van der Waals surface area contributed by atoms with E-state index in [1.165, 1.54) is 4.90 Å². The lowest BCUT2D eigenvalue weighted by Crippen LogP contribution is -2.00. The molecule has 0 heterocycles. The third-order valence-electron chi connectivity index (χ3n) is 2.51. The first-order valence-corrected chi connectivity index (χ1v) is 7.10. The van der Waals surface area contributed by atoms with Crippen LogP contribution in [0.5, 0.6) is 0 Å². The predicted octanol–water partition coefficient (Wildman–Crippen LogP) is 4.68. The molecule has 0 N–H and O–H groups in total. The molecular formula is C15H13ClOS. The first-order valence-electron chi connectivity index (χ1n) is 5.74. The molecule has 3 heteroatoms. The van der Waals surface area contributed by atoms with Crippen LogP contribution in [0.1, 0.15) is 22.8 Å². The van der Waals surface area contributed by atoms with Gasteiger partial charge in [0.2, 0.25) is 0 Å². The molecule has 0 saturated heterocycles. The molecular weight excluding hydrogens is 264 g/mol. The molecule has 0 atom stereocenters. The number of benzene rings is 2. The summed E-state index contributed by atoms with van der Waals surface area (Å²) >= 11 is 7.65. The molecule has 0 amide bonds. The normalized spacial score (nSPS) is 10.3. The van der Waals surface area contributed by atoms with Crippen LogP contribution in [0.3, 0.4) is 0 Å². The van der Waals surface area contributed by atoms with Gasteiger partial charge in [-0.25, -0.2) is 0 Å². The molecule has 18 heavy (non-hydrogen) atoms. The van der Waals surface area contributed by atoms with Gasteiger partial charge < -0.3 is 0 Å². The summed E-state index contributed by atoms with van der Waals surface area (Å²) in [5, 5.41) is 0.582. The molecule has 0 aliphatic rings. The van der Waals surface area contributed by atoms with Crippen LogP contribution in [0.25, 0.3) is 0 Å². The van der Waals surface area contributed by atoms with E-state index < -0.39 is 0 Å². The molecule has 0 saturated carbocycles. The van der Waals surface area contributed by atoms with Gasteiger partial charge in [-0.1, -0.05) is 30.7 Å². The van der Waals surface area contributed by atoms with E-state index in [0.29, 0.717) is 16.1 Å². The maximum absolute atomic E-state index is 12.2. The quantitative estimate of drug-likeness (QED) is 0.596. The lowest BCUT2D eigenvalue weighted by atomic mass is 10.0. The number of carbonyl (C=O) groups excluding carboxylic acids is 1. The van der Waals surface area contributed by atoms with E-state index in [1.54, 1.807) is 36.0 Å². The van der Waals surface area contributed by atoms with Crippen LogP contribution in [-0.2, 0) is 0 Å². The van der Waals surface area contributed by atoms with Crippen LogP contribution in [0.15, 0.2) is 53.4 Å². The standard InChI is InChI=1S/C15H13ClOS/c1-2-18-14-8-6-11(7-9-14)15(17)12-4-3-5-13(16)10-12/h3-10H,2H2,1H3. The Labute approximate surface area is 116 Å². The van der Waals surface area contributed by atoms with E-state index >= 15 is 0 Å². The Morgan fingerprint density at radius 1 is 1.11 bits per heavy atom. The number of ketones is 1. The fraction of sp³-hybridized carbons (Fsp3) is 0.133. The minimum atomic E-state index is 0.00514. The molecule has 2 aromatic rings. The number of thioether (sulfide) groups is 1. The summed E-state index contributed by atoms with van der Waals surface area (Å²) < 4.78 is 0. The monoisotopic (exact) mass is 276 g/mol. The average molecular weight is 277 g/mol. The molecule has 0 bridgehead atoms. The molecule has 0 radical (unpaired) electrons. The number of halogens is 1. The molecule has 0 unspecified atom stereocenters. The van der Waals surface area contributed by atoms with Gasteiger partial charge in [0.1, 0.15) is 0 Å². The molecule has 2 aromatic carbocycles. The Bertz CT molecular complexity index is 549. The second-order valence-corrected chi connectivity index (χ2v) is 5.57. The first-order chi connectivity index (χ1) is 8.70. The fourth-order valence-corrected chi connectivity index (χ4v) is 2.52. The molecule has 0 aliphatic heterocycles. The summed E-state index contributed by atoms with van der Waals surface area (Å²) in [4.78, 5) is 13.4. The molecule has 92 valence electrons. The highest BCUT2D eigenvalue weighted by atomic mass is 35.5. The molecule has 0 aliphatic carbocycles. The Morgan fingerprint density at radius 2 is 1.83 bits per heavy atom. The van der Waals surface area contributed by atoms with Crippen LogP contribution in [0.4, 0.5) is 0 Å². The average Bonchev–Trinajstić information content (AvgIpc) is 2.39. The number of hydrogen-bond donors (Lipinski definition) is 0. The Kier molecular flexibility index (Phi) is 4.45. The summed E-state index contributed by atoms with van der Waals surface area (Å²) in [5.74, 6) is 1.03. The lowest BCUT2D eigenvalue weighted by molar-refractivity contribution is 0.103. The topological polar surface area (TPSA) is 17.1 Å². The van der Waals surface area contributed by atoms with Crippen molar-refractivity contribution in [1.29, 1.82) is 0 Å². The Hall–Kier alpha value is -1.25. The molecule has 2 rings (SSSR count). The maximum atomic E-state index is 12.2. The Morgan fingerprint density at radius 3 is 2.44 bits per heavy atom. The minimum absolute atomic E-state index is 0.00514. The van der Waals surface area contributed by atoms with Crippen molar-refractivity contribution >= 4 is 29.1 Å². The first kappa shape index (κ1) is 13.2. The van der Waals surface area contributed by atoms with Gasteiger partial charge in [0.05, 0.1) is 0 Å². The van der Waals surface area contributed by atoms with Crippen LogP contribution < -0.4 is 0 Å². The summed E-state index contributed by atoms with van der Waals surface area (Å²) in [7, 11) is 0. The van der Waals surface area contributed by atoms with Gasteiger partial charge in [-0.05, 0) is 42.2 Å². The third-order valence-corrected chi connectivity index (χ3v) is 3.64. The van der Waals surface area contributed by atoms with Crippen molar-refractivity contribution in [2.75, 3.05) is 5.75 Å². The van der Waals surface area contributed by atoms with Gasteiger partial charge in [-0.3, -0.25) is 4.79 Å². The number of rotatable bonds is 4. The smallest absolute Gasteiger partial charge is 0.193 e. The number of hydrogen-bond acceptors (Lipinski definition) is 2. The van der Waals surface area contributed by atoms with E-state index in [4.69, 9.17) is 11.6 Å². The fourth-order valence-electron chi connectivity index (χ4n) is 1.67. The molecule has 0 fully saturated rings. The summed E-state index contributed by atoms with van der Waals surface area (Å²) in [6.45, 7) is 2.11. The maximum Gasteiger partial charge on any atom is 0.193 e. The van der Waals surface area contributed by atoms with Crippen molar-refractivity contribution in [2.45, 2.75) is 11.8 Å². The van der Waals surface area contributed by atoms with Gasteiger partial charge in [0.25, 0.3) is 0 Å². The zero-order chi connectivity index (χ0) is 13.0. The van der Waals surface area contributed by atoms with Gasteiger partial charge in [0.15, 0.2) is 5.78 Å². The second-order valence-electron chi connectivity index (χ2n) is 3.80. The van der Waals surface area contributed by atoms with E-state index in [0.717, 1.165) is 5.75 Å². The Balaban J connectivity index is 2.23. The lowest BCUT2D eigenvalue weighted by Gasteiger charge is -2.03. The largest absolute Gasteiger partial charge is 0.289 e. The van der Waals surface area contributed by atoms with E-state index in [9.17, 15) is 4.79 Å². The highest BCUT2D eigenvalue weighted by Gasteiger charge is 2.09. The van der Waals surface area contributed by atoms with Crippen molar-refractivity contribution in [1.82, 2.24) is 0 Å². The molecule has 1 nitrogen and oxygen atoms in total. The SMILES string of the molecule is CCSc1ccc(C(=O)c2cccc(Cl)c2)cc1. The summed E-state index contributed by atoms with van der Waals surface area (Å²) in [6.07, 6.45) is 0. The van der Waals surface area contributed by atoms with Gasteiger partial charge in [0, 0.05) is 21.0 Å². The van der Waals surface area contributed by atoms with Crippen molar-refractivity contribution in [2.24, 2.45) is 0 Å². The van der Waals surface area contributed by atoms with E-state index in [2.05, 4.69) is 6.92 Å². The van der Waals surface area contributed by atoms with Crippen molar-refractivity contribution < 1.29 is 4.79 Å².